The summed E-state index contributed by atoms with van der Waals surface area (Å²) in [5, 5.41) is 9.11. The van der Waals surface area contributed by atoms with Crippen LogP contribution in [0.2, 0.25) is 0 Å². The smallest absolute Gasteiger partial charge is 0.349 e. The highest BCUT2D eigenvalue weighted by atomic mass is 32.1. The zero-order valence-corrected chi connectivity index (χ0v) is 13.2. The number of carboxylic acid groups (broad SMARTS) is 1. The van der Waals surface area contributed by atoms with Crippen LogP contribution in [0.15, 0.2) is 6.07 Å². The molecular formula is C15H21NO4S. The molecule has 0 aromatic carbocycles. The Bertz CT molecular complexity index is 526. The van der Waals surface area contributed by atoms with Gasteiger partial charge in [-0.05, 0) is 38.7 Å². The van der Waals surface area contributed by atoms with Gasteiger partial charge in [-0.25, -0.2) is 4.79 Å². The summed E-state index contributed by atoms with van der Waals surface area (Å²) in [5.74, 6) is -0.773. The van der Waals surface area contributed by atoms with Crippen LogP contribution in [-0.2, 0) is 4.79 Å². The van der Waals surface area contributed by atoms with E-state index in [0.29, 0.717) is 5.75 Å². The van der Waals surface area contributed by atoms with Crippen molar-refractivity contribution in [2.24, 2.45) is 0 Å². The first kappa shape index (κ1) is 15.8. The van der Waals surface area contributed by atoms with Gasteiger partial charge in [-0.1, -0.05) is 6.92 Å². The predicted molar refractivity (Wildman–Crippen MR) is 81.2 cm³/mol. The molecule has 1 amide bonds. The van der Waals surface area contributed by atoms with Gasteiger partial charge in [-0.3, -0.25) is 4.79 Å². The molecule has 21 heavy (non-hydrogen) atoms. The number of rotatable bonds is 5. The molecule has 0 spiro atoms. The van der Waals surface area contributed by atoms with Crippen LogP contribution < -0.4 is 4.74 Å². The highest BCUT2D eigenvalue weighted by Gasteiger charge is 2.26. The highest BCUT2D eigenvalue weighted by Crippen LogP contribution is 2.29. The first-order chi connectivity index (χ1) is 10.0. The molecule has 1 saturated heterocycles. The number of thiophene rings is 1. The summed E-state index contributed by atoms with van der Waals surface area (Å²) in [5.41, 5.74) is 0. The first-order valence-corrected chi connectivity index (χ1v) is 8.10. The number of hydrogen-bond donors (Lipinski definition) is 1. The third kappa shape index (κ3) is 3.75. The van der Waals surface area contributed by atoms with Crippen LogP contribution in [0.4, 0.5) is 0 Å². The molecule has 2 heterocycles. The second-order valence-electron chi connectivity index (χ2n) is 5.29. The lowest BCUT2D eigenvalue weighted by atomic mass is 10.00. The predicted octanol–water partition coefficient (Wildman–Crippen LogP) is 2.92. The maximum atomic E-state index is 12.3. The topological polar surface area (TPSA) is 66.8 Å². The maximum Gasteiger partial charge on any atom is 0.349 e. The van der Waals surface area contributed by atoms with Crippen molar-refractivity contribution >= 4 is 23.2 Å². The summed E-state index contributed by atoms with van der Waals surface area (Å²) in [6, 6.07) is 1.97. The number of piperidine rings is 1. The molecule has 1 aliphatic rings. The van der Waals surface area contributed by atoms with Crippen molar-refractivity contribution in [3.8, 4) is 5.75 Å². The average Bonchev–Trinajstić information content (AvgIpc) is 2.86. The molecule has 5 nitrogen and oxygen atoms in total. The van der Waals surface area contributed by atoms with E-state index in [1.165, 1.54) is 11.3 Å². The van der Waals surface area contributed by atoms with E-state index in [-0.39, 0.29) is 23.4 Å². The minimum absolute atomic E-state index is 0.0539. The standard InChI is InChI=1S/C15H21NO4S/c1-3-11-6-4-5-7-16(11)13(17)9-20-12-8-10(2)21-14(12)15(18)19/h8,11H,3-7,9H2,1-2H3,(H,18,19). The van der Waals surface area contributed by atoms with E-state index in [1.54, 1.807) is 6.07 Å². The van der Waals surface area contributed by atoms with Crippen LogP contribution in [0.3, 0.4) is 0 Å². The lowest BCUT2D eigenvalue weighted by Gasteiger charge is -2.35. The Morgan fingerprint density at radius 1 is 1.48 bits per heavy atom. The van der Waals surface area contributed by atoms with E-state index in [0.717, 1.165) is 37.1 Å². The summed E-state index contributed by atoms with van der Waals surface area (Å²) >= 11 is 1.17. The van der Waals surface area contributed by atoms with Gasteiger partial charge in [0.25, 0.3) is 5.91 Å². The summed E-state index contributed by atoms with van der Waals surface area (Å²) in [4.78, 5) is 26.3. The van der Waals surface area contributed by atoms with Crippen molar-refractivity contribution in [2.75, 3.05) is 13.2 Å². The summed E-state index contributed by atoms with van der Waals surface area (Å²) < 4.78 is 5.47. The number of hydrogen-bond acceptors (Lipinski definition) is 4. The van der Waals surface area contributed by atoms with Gasteiger partial charge in [0.2, 0.25) is 0 Å². The van der Waals surface area contributed by atoms with Gasteiger partial charge in [-0.2, -0.15) is 0 Å². The van der Waals surface area contributed by atoms with Crippen molar-refractivity contribution in [3.05, 3.63) is 15.8 Å². The quantitative estimate of drug-likeness (QED) is 0.908. The van der Waals surface area contributed by atoms with Crippen molar-refractivity contribution in [1.82, 2.24) is 4.90 Å². The van der Waals surface area contributed by atoms with E-state index in [2.05, 4.69) is 6.92 Å². The molecule has 0 aliphatic carbocycles. The summed E-state index contributed by atoms with van der Waals surface area (Å²) in [7, 11) is 0. The van der Waals surface area contributed by atoms with E-state index < -0.39 is 5.97 Å². The fraction of sp³-hybridized carbons (Fsp3) is 0.600. The maximum absolute atomic E-state index is 12.3. The van der Waals surface area contributed by atoms with Crippen molar-refractivity contribution in [3.63, 3.8) is 0 Å². The van der Waals surface area contributed by atoms with Crippen molar-refractivity contribution in [1.29, 1.82) is 0 Å². The van der Waals surface area contributed by atoms with E-state index in [4.69, 9.17) is 9.84 Å². The summed E-state index contributed by atoms with van der Waals surface area (Å²) in [6.45, 7) is 4.59. The third-order valence-corrected chi connectivity index (χ3v) is 4.81. The van der Waals surface area contributed by atoms with Crippen LogP contribution in [0.25, 0.3) is 0 Å². The average molecular weight is 311 g/mol. The number of carbonyl (C=O) groups is 2. The minimum Gasteiger partial charge on any atom is -0.482 e. The SMILES string of the molecule is CCC1CCCCN1C(=O)COc1cc(C)sc1C(=O)O. The Morgan fingerprint density at radius 2 is 2.24 bits per heavy atom. The third-order valence-electron chi connectivity index (χ3n) is 3.79. The van der Waals surface area contributed by atoms with Crippen molar-refractivity contribution in [2.45, 2.75) is 45.6 Å². The molecule has 1 aromatic heterocycles. The molecule has 1 unspecified atom stereocenters. The van der Waals surface area contributed by atoms with Crippen LogP contribution in [0, 0.1) is 6.92 Å². The zero-order valence-electron chi connectivity index (χ0n) is 12.4. The second kappa shape index (κ2) is 6.93. The number of ether oxygens (including phenoxy) is 1. The van der Waals surface area contributed by atoms with Gasteiger partial charge >= 0.3 is 5.97 Å². The van der Waals surface area contributed by atoms with Gasteiger partial charge in [0.1, 0.15) is 5.75 Å². The lowest BCUT2D eigenvalue weighted by Crippen LogP contribution is -2.45. The molecule has 116 valence electrons. The molecule has 1 aliphatic heterocycles. The molecule has 1 N–H and O–H groups in total. The minimum atomic E-state index is -1.01. The Kier molecular flexibility index (Phi) is 5.22. The molecular weight excluding hydrogens is 290 g/mol. The number of likely N-dealkylation sites (tertiary alicyclic amines) is 1. The molecule has 1 atom stereocenters. The molecule has 2 rings (SSSR count). The van der Waals surface area contributed by atoms with Gasteiger partial charge in [0, 0.05) is 17.5 Å². The Labute approximate surface area is 128 Å². The Hall–Kier alpha value is -1.56. The molecule has 0 saturated carbocycles. The zero-order chi connectivity index (χ0) is 15.4. The fourth-order valence-corrected chi connectivity index (χ4v) is 3.52. The van der Waals surface area contributed by atoms with Gasteiger partial charge in [0.05, 0.1) is 0 Å². The summed E-state index contributed by atoms with van der Waals surface area (Å²) in [6.07, 6.45) is 4.18. The normalized spacial score (nSPS) is 18.6. The Balaban J connectivity index is 1.99. The van der Waals surface area contributed by atoms with E-state index >= 15 is 0 Å². The van der Waals surface area contributed by atoms with Gasteiger partial charge in [-0.15, -0.1) is 11.3 Å². The van der Waals surface area contributed by atoms with Crippen LogP contribution in [0.5, 0.6) is 5.75 Å². The van der Waals surface area contributed by atoms with Crippen LogP contribution in [0.1, 0.15) is 47.2 Å². The molecule has 1 aromatic rings. The highest BCUT2D eigenvalue weighted by molar-refractivity contribution is 7.14. The van der Waals surface area contributed by atoms with Crippen LogP contribution >= 0.6 is 11.3 Å². The molecule has 0 radical (unpaired) electrons. The number of aromatic carboxylic acids is 1. The first-order valence-electron chi connectivity index (χ1n) is 7.29. The molecule has 0 bridgehead atoms. The van der Waals surface area contributed by atoms with Gasteiger partial charge < -0.3 is 14.7 Å². The molecule has 6 heteroatoms. The monoisotopic (exact) mass is 311 g/mol. The number of carbonyl (C=O) groups excluding carboxylic acids is 1. The number of amides is 1. The number of nitrogens with zero attached hydrogens (tertiary/aromatic N) is 1. The largest absolute Gasteiger partial charge is 0.482 e. The van der Waals surface area contributed by atoms with Gasteiger partial charge in [0.15, 0.2) is 11.5 Å². The second-order valence-corrected chi connectivity index (χ2v) is 6.55. The van der Waals surface area contributed by atoms with Crippen LogP contribution in [-0.4, -0.2) is 41.1 Å². The number of carboxylic acids is 1. The lowest BCUT2D eigenvalue weighted by molar-refractivity contribution is -0.137. The van der Waals surface area contributed by atoms with Crippen molar-refractivity contribution < 1.29 is 19.4 Å². The van der Waals surface area contributed by atoms with E-state index in [9.17, 15) is 9.59 Å². The Morgan fingerprint density at radius 3 is 2.90 bits per heavy atom. The molecule has 1 fully saturated rings. The van der Waals surface area contributed by atoms with E-state index in [1.807, 2.05) is 11.8 Å². The number of aryl methyl sites for hydroxylation is 1. The fourth-order valence-electron chi connectivity index (χ4n) is 2.72.